The molecular weight excluding hydrogens is 314 g/mol. The third-order valence-corrected chi connectivity index (χ3v) is 4.73. The number of nitriles is 1. The molecule has 1 saturated heterocycles. The Labute approximate surface area is 145 Å². The van der Waals surface area contributed by atoms with Gasteiger partial charge in [-0.3, -0.25) is 10.1 Å². The van der Waals surface area contributed by atoms with Crippen LogP contribution in [0.3, 0.4) is 0 Å². The van der Waals surface area contributed by atoms with Gasteiger partial charge in [0.05, 0.1) is 29.1 Å². The molecule has 2 aromatic heterocycles. The number of anilines is 1. The second-order valence-corrected chi connectivity index (χ2v) is 6.28. The van der Waals surface area contributed by atoms with Gasteiger partial charge < -0.3 is 10.1 Å². The normalized spacial score (nSPS) is 20.3. The van der Waals surface area contributed by atoms with E-state index in [0.717, 1.165) is 48.1 Å². The number of ether oxygens (including phenoxy) is 1. The number of aromatic nitrogens is 3. The first-order valence-electron chi connectivity index (χ1n) is 8.49. The minimum Gasteiger partial charge on any atom is -0.383 e. The van der Waals surface area contributed by atoms with Gasteiger partial charge in [0.2, 0.25) is 0 Å². The van der Waals surface area contributed by atoms with Crippen molar-refractivity contribution in [3.63, 3.8) is 0 Å². The van der Waals surface area contributed by atoms with Crippen LogP contribution in [0, 0.1) is 17.2 Å². The van der Waals surface area contributed by atoms with Crippen LogP contribution in [0.4, 0.5) is 5.69 Å². The molecule has 25 heavy (non-hydrogen) atoms. The van der Waals surface area contributed by atoms with E-state index in [1.165, 1.54) is 0 Å². The van der Waals surface area contributed by atoms with Crippen LogP contribution in [0.2, 0.25) is 0 Å². The summed E-state index contributed by atoms with van der Waals surface area (Å²) in [4.78, 5) is 4.36. The molecule has 1 aliphatic heterocycles. The van der Waals surface area contributed by atoms with Crippen molar-refractivity contribution in [2.24, 2.45) is 5.92 Å². The molecular formula is C19H19N5O. The molecule has 0 saturated carbocycles. The lowest BCUT2D eigenvalue weighted by Gasteiger charge is -2.31. The summed E-state index contributed by atoms with van der Waals surface area (Å²) in [6, 6.07) is 10.1. The number of para-hydroxylation sites is 1. The summed E-state index contributed by atoms with van der Waals surface area (Å²) < 4.78 is 5.99. The average molecular weight is 333 g/mol. The zero-order chi connectivity index (χ0) is 17.1. The molecule has 1 aromatic carbocycles. The van der Waals surface area contributed by atoms with Crippen LogP contribution >= 0.6 is 0 Å². The van der Waals surface area contributed by atoms with Crippen molar-refractivity contribution in [3.05, 3.63) is 54.0 Å². The Morgan fingerprint density at radius 3 is 3.08 bits per heavy atom. The van der Waals surface area contributed by atoms with Crippen molar-refractivity contribution in [2.75, 3.05) is 18.5 Å². The first-order valence-corrected chi connectivity index (χ1v) is 8.49. The standard InChI is InChI=1S/C19H19N5O/c20-8-14-10-21-17-6-2-1-5-16(17)18(14)22-9-13-4-3-7-25-19(13)15-11-23-24-12-15/h1-2,5-6,10-13,19H,3-4,7,9H2,(H,21,22)(H,23,24)/t13-,19+/m0/s1. The van der Waals surface area contributed by atoms with Gasteiger partial charge in [-0.05, 0) is 18.9 Å². The second-order valence-electron chi connectivity index (χ2n) is 6.28. The second kappa shape index (κ2) is 6.91. The van der Waals surface area contributed by atoms with E-state index in [2.05, 4.69) is 26.6 Å². The van der Waals surface area contributed by atoms with Crippen LogP contribution in [0.15, 0.2) is 42.9 Å². The number of hydrogen-bond acceptors (Lipinski definition) is 5. The van der Waals surface area contributed by atoms with Crippen molar-refractivity contribution in [2.45, 2.75) is 18.9 Å². The van der Waals surface area contributed by atoms with E-state index in [1.54, 1.807) is 6.20 Å². The van der Waals surface area contributed by atoms with Crippen molar-refractivity contribution in [3.8, 4) is 6.07 Å². The maximum atomic E-state index is 9.45. The molecule has 0 bridgehead atoms. The molecule has 1 fully saturated rings. The topological polar surface area (TPSA) is 86.6 Å². The van der Waals surface area contributed by atoms with Crippen LogP contribution in [0.1, 0.15) is 30.1 Å². The third kappa shape index (κ3) is 3.06. The molecule has 3 heterocycles. The van der Waals surface area contributed by atoms with Crippen LogP contribution in [-0.2, 0) is 4.74 Å². The molecule has 4 rings (SSSR count). The first kappa shape index (κ1) is 15.6. The number of fused-ring (bicyclic) bond motifs is 1. The maximum absolute atomic E-state index is 9.45. The Morgan fingerprint density at radius 2 is 2.24 bits per heavy atom. The van der Waals surface area contributed by atoms with E-state index in [9.17, 15) is 5.26 Å². The van der Waals surface area contributed by atoms with Crippen LogP contribution < -0.4 is 5.32 Å². The fourth-order valence-corrected chi connectivity index (χ4v) is 3.49. The maximum Gasteiger partial charge on any atom is 0.103 e. The van der Waals surface area contributed by atoms with Gasteiger partial charge in [0.25, 0.3) is 0 Å². The van der Waals surface area contributed by atoms with Gasteiger partial charge in [0.1, 0.15) is 6.07 Å². The molecule has 0 amide bonds. The largest absolute Gasteiger partial charge is 0.383 e. The number of rotatable bonds is 4. The fourth-order valence-electron chi connectivity index (χ4n) is 3.49. The van der Waals surface area contributed by atoms with Crippen LogP contribution in [0.5, 0.6) is 0 Å². The highest BCUT2D eigenvalue weighted by atomic mass is 16.5. The van der Waals surface area contributed by atoms with Crippen molar-refractivity contribution >= 4 is 16.6 Å². The highest BCUT2D eigenvalue weighted by molar-refractivity contribution is 5.93. The number of pyridine rings is 1. The van der Waals surface area contributed by atoms with Crippen LogP contribution in [-0.4, -0.2) is 28.3 Å². The van der Waals surface area contributed by atoms with E-state index in [0.29, 0.717) is 11.5 Å². The predicted octanol–water partition coefficient (Wildman–Crippen LogP) is 3.41. The number of nitrogens with one attached hydrogen (secondary N) is 2. The summed E-state index contributed by atoms with van der Waals surface area (Å²) in [5, 5.41) is 20.8. The van der Waals surface area contributed by atoms with Crippen molar-refractivity contribution in [1.29, 1.82) is 5.26 Å². The lowest BCUT2D eigenvalue weighted by molar-refractivity contribution is -0.0238. The minimum atomic E-state index is 0.0265. The monoisotopic (exact) mass is 333 g/mol. The smallest absolute Gasteiger partial charge is 0.103 e. The molecule has 3 aromatic rings. The molecule has 0 spiro atoms. The quantitative estimate of drug-likeness (QED) is 0.764. The summed E-state index contributed by atoms with van der Waals surface area (Å²) >= 11 is 0. The molecule has 0 unspecified atom stereocenters. The van der Waals surface area contributed by atoms with Gasteiger partial charge in [-0.2, -0.15) is 10.4 Å². The zero-order valence-corrected chi connectivity index (χ0v) is 13.8. The lowest BCUT2D eigenvalue weighted by Crippen LogP contribution is -2.28. The Balaban J connectivity index is 1.60. The van der Waals surface area contributed by atoms with E-state index in [4.69, 9.17) is 4.74 Å². The number of benzene rings is 1. The van der Waals surface area contributed by atoms with Gasteiger partial charge in [0.15, 0.2) is 0 Å². The summed E-state index contributed by atoms with van der Waals surface area (Å²) in [5.41, 5.74) is 3.38. The number of nitrogens with zero attached hydrogens (tertiary/aromatic N) is 3. The molecule has 6 heteroatoms. The van der Waals surface area contributed by atoms with Crippen molar-refractivity contribution < 1.29 is 4.74 Å². The highest BCUT2D eigenvalue weighted by Crippen LogP contribution is 2.34. The summed E-state index contributed by atoms with van der Waals surface area (Å²) in [5.74, 6) is 0.324. The molecule has 2 N–H and O–H groups in total. The van der Waals surface area contributed by atoms with E-state index in [1.807, 2.05) is 36.7 Å². The SMILES string of the molecule is N#Cc1cnc2ccccc2c1NC[C@@H]1CCCO[C@H]1c1cn[nH]c1. The Bertz CT molecular complexity index is 900. The van der Waals surface area contributed by atoms with Crippen LogP contribution in [0.25, 0.3) is 10.9 Å². The Morgan fingerprint density at radius 1 is 1.32 bits per heavy atom. The molecule has 126 valence electrons. The van der Waals surface area contributed by atoms with E-state index in [-0.39, 0.29) is 6.10 Å². The summed E-state index contributed by atoms with van der Waals surface area (Å²) in [6.07, 6.45) is 7.50. The summed E-state index contributed by atoms with van der Waals surface area (Å²) in [7, 11) is 0. The minimum absolute atomic E-state index is 0.0265. The number of hydrogen-bond donors (Lipinski definition) is 2. The first-order chi connectivity index (χ1) is 12.4. The molecule has 0 radical (unpaired) electrons. The Kier molecular flexibility index (Phi) is 4.32. The average Bonchev–Trinajstić information content (AvgIpc) is 3.20. The Hall–Kier alpha value is -2.91. The third-order valence-electron chi connectivity index (χ3n) is 4.73. The van der Waals surface area contributed by atoms with Gasteiger partial charge in [-0.15, -0.1) is 0 Å². The van der Waals surface area contributed by atoms with Gasteiger partial charge in [-0.25, -0.2) is 0 Å². The fraction of sp³-hybridized carbons (Fsp3) is 0.316. The molecule has 2 atom stereocenters. The predicted molar refractivity (Wildman–Crippen MR) is 95.0 cm³/mol. The number of H-pyrrole nitrogens is 1. The van der Waals surface area contributed by atoms with E-state index >= 15 is 0 Å². The summed E-state index contributed by atoms with van der Waals surface area (Å²) in [6.45, 7) is 1.51. The lowest BCUT2D eigenvalue weighted by atomic mass is 9.90. The van der Waals surface area contributed by atoms with E-state index < -0.39 is 0 Å². The molecule has 0 aliphatic carbocycles. The highest BCUT2D eigenvalue weighted by Gasteiger charge is 2.28. The molecule has 6 nitrogen and oxygen atoms in total. The van der Waals surface area contributed by atoms with Gasteiger partial charge >= 0.3 is 0 Å². The van der Waals surface area contributed by atoms with Crippen molar-refractivity contribution in [1.82, 2.24) is 15.2 Å². The zero-order valence-electron chi connectivity index (χ0n) is 13.8. The molecule has 1 aliphatic rings. The van der Waals surface area contributed by atoms with Gasteiger partial charge in [0, 0.05) is 42.4 Å². The van der Waals surface area contributed by atoms with Gasteiger partial charge in [-0.1, -0.05) is 18.2 Å². The number of aromatic amines is 1.